The molecule has 2 fully saturated rings. The molecule has 26 heavy (non-hydrogen) atoms. The van der Waals surface area contributed by atoms with E-state index in [9.17, 15) is 13.2 Å². The summed E-state index contributed by atoms with van der Waals surface area (Å²) in [6.45, 7) is 0.865. The molecule has 1 saturated carbocycles. The predicted octanol–water partition coefficient (Wildman–Crippen LogP) is 1.83. The number of urea groups is 1. The summed E-state index contributed by atoms with van der Waals surface area (Å²) in [6.07, 6.45) is 4.92. The largest absolute Gasteiger partial charge is 0.331 e. The van der Waals surface area contributed by atoms with Crippen LogP contribution >= 0.6 is 0 Å². The fourth-order valence-corrected chi connectivity index (χ4v) is 4.96. The highest BCUT2D eigenvalue weighted by Crippen LogP contribution is 2.45. The van der Waals surface area contributed by atoms with E-state index >= 15 is 0 Å². The number of hydrogen-bond acceptors (Lipinski definition) is 4. The van der Waals surface area contributed by atoms with Crippen LogP contribution in [0.1, 0.15) is 31.2 Å². The molecule has 1 heterocycles. The van der Waals surface area contributed by atoms with E-state index in [1.165, 1.54) is 11.8 Å². The minimum atomic E-state index is -3.07. The Balaban J connectivity index is 1.72. The highest BCUT2D eigenvalue weighted by atomic mass is 32.2. The highest BCUT2D eigenvalue weighted by molar-refractivity contribution is 7.90. The van der Waals surface area contributed by atoms with Crippen LogP contribution < -0.4 is 5.32 Å². The Hall–Kier alpha value is -1.60. The third kappa shape index (κ3) is 3.74. The Morgan fingerprint density at radius 2 is 1.73 bits per heavy atom. The van der Waals surface area contributed by atoms with Gasteiger partial charge in [0.05, 0.1) is 11.3 Å². The highest BCUT2D eigenvalue weighted by Gasteiger charge is 2.49. The lowest BCUT2D eigenvalue weighted by atomic mass is 9.69. The molecule has 1 aliphatic carbocycles. The van der Waals surface area contributed by atoms with Crippen LogP contribution in [-0.4, -0.2) is 69.0 Å². The summed E-state index contributed by atoms with van der Waals surface area (Å²) in [7, 11) is 1.17. The van der Waals surface area contributed by atoms with Crippen LogP contribution in [0.5, 0.6) is 0 Å². The molecule has 144 valence electrons. The number of rotatable bonds is 5. The molecule has 0 bridgehead atoms. The molecule has 1 aliphatic heterocycles. The standard InChI is InChI=1S/C19H29N3O3S/c1-21(2)19(16-7-5-4-6-8-16)11-9-18(10-12-19)15-22(17(23)20-18)13-14-26(3,24)25/h4-8H,9-15H2,1-3H3,(H,20,23)/t18-,19-. The third-order valence-electron chi connectivity index (χ3n) is 6.09. The summed E-state index contributed by atoms with van der Waals surface area (Å²) < 4.78 is 22.8. The van der Waals surface area contributed by atoms with Crippen LogP contribution in [0.3, 0.4) is 0 Å². The van der Waals surface area contributed by atoms with E-state index in [4.69, 9.17) is 0 Å². The number of carbonyl (C=O) groups is 1. The van der Waals surface area contributed by atoms with Crippen molar-refractivity contribution in [1.82, 2.24) is 15.1 Å². The van der Waals surface area contributed by atoms with Crippen LogP contribution in [0.2, 0.25) is 0 Å². The van der Waals surface area contributed by atoms with Gasteiger partial charge in [-0.2, -0.15) is 0 Å². The van der Waals surface area contributed by atoms with Gasteiger partial charge in [0.15, 0.2) is 0 Å². The summed E-state index contributed by atoms with van der Waals surface area (Å²) in [5, 5.41) is 3.16. The fraction of sp³-hybridized carbons (Fsp3) is 0.632. The van der Waals surface area contributed by atoms with Crippen molar-refractivity contribution >= 4 is 15.9 Å². The van der Waals surface area contributed by atoms with Gasteiger partial charge < -0.3 is 10.2 Å². The Kier molecular flexibility index (Phi) is 5.05. The summed E-state index contributed by atoms with van der Waals surface area (Å²) in [6, 6.07) is 10.4. The van der Waals surface area contributed by atoms with Crippen molar-refractivity contribution in [3.05, 3.63) is 35.9 Å². The monoisotopic (exact) mass is 379 g/mol. The maximum atomic E-state index is 12.3. The van der Waals surface area contributed by atoms with Gasteiger partial charge in [0.1, 0.15) is 9.84 Å². The third-order valence-corrected chi connectivity index (χ3v) is 7.01. The van der Waals surface area contributed by atoms with E-state index in [-0.39, 0.29) is 29.4 Å². The normalized spacial score (nSPS) is 29.4. The number of sulfone groups is 1. The summed E-state index contributed by atoms with van der Waals surface area (Å²) in [5.41, 5.74) is 1.07. The zero-order valence-electron chi connectivity index (χ0n) is 15.9. The molecule has 0 radical (unpaired) electrons. The quantitative estimate of drug-likeness (QED) is 0.847. The molecule has 3 rings (SSSR count). The first-order valence-corrected chi connectivity index (χ1v) is 11.2. The first-order chi connectivity index (χ1) is 12.2. The minimum absolute atomic E-state index is 0.0160. The first kappa shape index (κ1) is 19.2. The molecule has 0 atom stereocenters. The van der Waals surface area contributed by atoms with E-state index < -0.39 is 9.84 Å². The molecule has 0 unspecified atom stereocenters. The number of amides is 2. The molecule has 0 aromatic heterocycles. The van der Waals surface area contributed by atoms with E-state index in [0.717, 1.165) is 25.7 Å². The first-order valence-electron chi connectivity index (χ1n) is 9.14. The second-order valence-corrected chi connectivity index (χ2v) is 10.3. The average Bonchev–Trinajstić information content (AvgIpc) is 2.89. The van der Waals surface area contributed by atoms with Crippen molar-refractivity contribution in [1.29, 1.82) is 0 Å². The number of hydrogen-bond donors (Lipinski definition) is 1. The number of benzene rings is 1. The summed E-state index contributed by atoms with van der Waals surface area (Å²) in [4.78, 5) is 16.3. The lowest BCUT2D eigenvalue weighted by Gasteiger charge is -2.48. The van der Waals surface area contributed by atoms with Crippen molar-refractivity contribution in [2.75, 3.05) is 39.2 Å². The van der Waals surface area contributed by atoms with Crippen molar-refractivity contribution < 1.29 is 13.2 Å². The van der Waals surface area contributed by atoms with Gasteiger partial charge in [-0.25, -0.2) is 13.2 Å². The summed E-state index contributed by atoms with van der Waals surface area (Å²) in [5.74, 6) is 0.0160. The molecule has 1 spiro atoms. The van der Waals surface area contributed by atoms with Gasteiger partial charge in [-0.15, -0.1) is 0 Å². The van der Waals surface area contributed by atoms with Gasteiger partial charge in [-0.1, -0.05) is 30.3 Å². The molecule has 1 aromatic rings. The number of nitrogens with one attached hydrogen (secondary N) is 1. The van der Waals surface area contributed by atoms with E-state index in [0.29, 0.717) is 6.54 Å². The lowest BCUT2D eigenvalue weighted by Crippen LogP contribution is -2.54. The van der Waals surface area contributed by atoms with E-state index in [1.807, 2.05) is 6.07 Å². The van der Waals surface area contributed by atoms with Crippen LogP contribution in [0.4, 0.5) is 4.79 Å². The van der Waals surface area contributed by atoms with Gasteiger partial charge in [0, 0.05) is 24.9 Å². The van der Waals surface area contributed by atoms with Crippen LogP contribution in [0.25, 0.3) is 0 Å². The van der Waals surface area contributed by atoms with Gasteiger partial charge in [0.2, 0.25) is 0 Å². The van der Waals surface area contributed by atoms with Crippen molar-refractivity contribution in [3.63, 3.8) is 0 Å². The van der Waals surface area contributed by atoms with Crippen LogP contribution in [0.15, 0.2) is 30.3 Å². The molecule has 2 aliphatic rings. The molecule has 1 saturated heterocycles. The Bertz CT molecular complexity index is 753. The van der Waals surface area contributed by atoms with Crippen LogP contribution in [-0.2, 0) is 15.4 Å². The molecule has 6 nitrogen and oxygen atoms in total. The minimum Gasteiger partial charge on any atom is -0.331 e. The topological polar surface area (TPSA) is 69.7 Å². The van der Waals surface area contributed by atoms with Gasteiger partial charge in [0.25, 0.3) is 0 Å². The SMILES string of the molecule is CN(C)[C@]1(c2ccccc2)CC[C@@]2(CC1)CN(CCS(C)(=O)=O)C(=O)N2. The number of carbonyl (C=O) groups excluding carboxylic acids is 1. The predicted molar refractivity (Wildman–Crippen MR) is 103 cm³/mol. The van der Waals surface area contributed by atoms with Crippen molar-refractivity contribution in [3.8, 4) is 0 Å². The Morgan fingerprint density at radius 3 is 2.27 bits per heavy atom. The number of nitrogens with zero attached hydrogens (tertiary/aromatic N) is 2. The van der Waals surface area contributed by atoms with E-state index in [1.54, 1.807) is 4.90 Å². The molecular formula is C19H29N3O3S. The van der Waals surface area contributed by atoms with Crippen molar-refractivity contribution in [2.24, 2.45) is 0 Å². The Labute approximate surface area is 156 Å². The smallest absolute Gasteiger partial charge is 0.318 e. The molecule has 2 amide bonds. The van der Waals surface area contributed by atoms with Gasteiger partial charge in [-0.3, -0.25) is 4.90 Å². The van der Waals surface area contributed by atoms with Crippen LogP contribution in [0, 0.1) is 0 Å². The molecule has 1 aromatic carbocycles. The van der Waals surface area contributed by atoms with E-state index in [2.05, 4.69) is 48.6 Å². The average molecular weight is 380 g/mol. The van der Waals surface area contributed by atoms with Gasteiger partial charge in [-0.05, 0) is 45.3 Å². The molecule has 7 heteroatoms. The second-order valence-electron chi connectivity index (χ2n) is 8.05. The zero-order valence-corrected chi connectivity index (χ0v) is 16.7. The molecule has 1 N–H and O–H groups in total. The van der Waals surface area contributed by atoms with Gasteiger partial charge >= 0.3 is 6.03 Å². The zero-order chi connectivity index (χ0) is 19.0. The Morgan fingerprint density at radius 1 is 1.12 bits per heavy atom. The fourth-order valence-electron chi connectivity index (χ4n) is 4.41. The second kappa shape index (κ2) is 6.85. The lowest BCUT2D eigenvalue weighted by molar-refractivity contribution is 0.0622. The maximum absolute atomic E-state index is 12.3. The summed E-state index contributed by atoms with van der Waals surface area (Å²) >= 11 is 0. The maximum Gasteiger partial charge on any atom is 0.318 e. The molecular weight excluding hydrogens is 350 g/mol. The van der Waals surface area contributed by atoms with Crippen molar-refractivity contribution in [2.45, 2.75) is 36.8 Å².